The molecule has 2 N–H and O–H groups in total. The lowest BCUT2D eigenvalue weighted by molar-refractivity contribution is -0.136. The molecule has 3 heteroatoms. The predicted molar refractivity (Wildman–Crippen MR) is 57.9 cm³/mol. The summed E-state index contributed by atoms with van der Waals surface area (Å²) in [7, 11) is 0. The van der Waals surface area contributed by atoms with Crippen LogP contribution in [-0.4, -0.2) is 29.9 Å². The molecule has 0 spiro atoms. The molecule has 1 aliphatic rings. The van der Waals surface area contributed by atoms with Crippen molar-refractivity contribution in [3.05, 3.63) is 0 Å². The minimum absolute atomic E-state index is 0.0180. The predicted octanol–water partition coefficient (Wildman–Crippen LogP) is 1.37. The van der Waals surface area contributed by atoms with Crippen LogP contribution in [-0.2, 0) is 4.79 Å². The molecule has 0 aromatic heterocycles. The summed E-state index contributed by atoms with van der Waals surface area (Å²) < 4.78 is 0. The molecule has 1 rings (SSSR count). The largest absolute Gasteiger partial charge is 0.340 e. The van der Waals surface area contributed by atoms with Gasteiger partial charge < -0.3 is 10.6 Å². The molecule has 0 aliphatic carbocycles. The summed E-state index contributed by atoms with van der Waals surface area (Å²) in [5.74, 6) is 0.220. The molecule has 82 valence electrons. The molecule has 1 heterocycles. The van der Waals surface area contributed by atoms with Gasteiger partial charge in [0, 0.05) is 25.0 Å². The van der Waals surface area contributed by atoms with Gasteiger partial charge in [0.15, 0.2) is 0 Å². The van der Waals surface area contributed by atoms with Crippen molar-refractivity contribution < 1.29 is 4.79 Å². The Morgan fingerprint density at radius 3 is 2.86 bits per heavy atom. The lowest BCUT2D eigenvalue weighted by atomic mass is 10.1. The highest BCUT2D eigenvalue weighted by Crippen LogP contribution is 2.18. The standard InChI is InChI=1S/C11H22N2O/c1-9(8-12)11(14)13-7-5-3-4-6-10(13)2/h9-10H,3-8,12H2,1-2H3. The maximum atomic E-state index is 11.9. The van der Waals surface area contributed by atoms with Crippen LogP contribution in [0.5, 0.6) is 0 Å². The fraction of sp³-hybridized carbons (Fsp3) is 0.909. The number of carbonyl (C=O) groups excluding carboxylic acids is 1. The van der Waals surface area contributed by atoms with Crippen molar-refractivity contribution >= 4 is 5.91 Å². The number of amides is 1. The maximum Gasteiger partial charge on any atom is 0.226 e. The summed E-state index contributed by atoms with van der Waals surface area (Å²) in [6.07, 6.45) is 4.80. The Kier molecular flexibility index (Phi) is 4.39. The summed E-state index contributed by atoms with van der Waals surface area (Å²) in [4.78, 5) is 14.0. The van der Waals surface area contributed by atoms with Crippen molar-refractivity contribution in [3.8, 4) is 0 Å². The van der Waals surface area contributed by atoms with Gasteiger partial charge in [-0.2, -0.15) is 0 Å². The Bertz CT molecular complexity index is 194. The third kappa shape index (κ3) is 2.71. The molecule has 0 radical (unpaired) electrons. The van der Waals surface area contributed by atoms with Crippen molar-refractivity contribution in [2.75, 3.05) is 13.1 Å². The van der Waals surface area contributed by atoms with Gasteiger partial charge in [-0.25, -0.2) is 0 Å². The number of carbonyl (C=O) groups is 1. The zero-order valence-electron chi connectivity index (χ0n) is 9.33. The number of nitrogens with two attached hydrogens (primary N) is 1. The summed E-state index contributed by atoms with van der Waals surface area (Å²) in [5, 5.41) is 0. The second kappa shape index (κ2) is 5.35. The molecule has 1 aliphatic heterocycles. The number of hydrogen-bond acceptors (Lipinski definition) is 2. The van der Waals surface area contributed by atoms with Crippen molar-refractivity contribution in [1.82, 2.24) is 4.90 Å². The SMILES string of the molecule is CC(CN)C(=O)N1CCCCCC1C. The van der Waals surface area contributed by atoms with Crippen LogP contribution < -0.4 is 5.73 Å². The second-order valence-electron chi connectivity index (χ2n) is 4.37. The molecule has 1 amide bonds. The van der Waals surface area contributed by atoms with E-state index in [-0.39, 0.29) is 11.8 Å². The number of rotatable bonds is 2. The van der Waals surface area contributed by atoms with Gasteiger partial charge in [-0.15, -0.1) is 0 Å². The van der Waals surface area contributed by atoms with Gasteiger partial charge in [-0.3, -0.25) is 4.79 Å². The van der Waals surface area contributed by atoms with E-state index in [0.29, 0.717) is 12.6 Å². The molecule has 1 saturated heterocycles. The molecule has 2 unspecified atom stereocenters. The van der Waals surface area contributed by atoms with E-state index in [2.05, 4.69) is 6.92 Å². The topological polar surface area (TPSA) is 46.3 Å². The van der Waals surface area contributed by atoms with E-state index in [1.807, 2.05) is 11.8 Å². The molecule has 3 nitrogen and oxygen atoms in total. The number of hydrogen-bond donors (Lipinski definition) is 1. The molecule has 2 atom stereocenters. The fourth-order valence-corrected chi connectivity index (χ4v) is 1.99. The summed E-state index contributed by atoms with van der Waals surface area (Å²) >= 11 is 0. The van der Waals surface area contributed by atoms with Gasteiger partial charge in [-0.1, -0.05) is 19.8 Å². The molecule has 0 saturated carbocycles. The second-order valence-corrected chi connectivity index (χ2v) is 4.37. The molecule has 1 fully saturated rings. The van der Waals surface area contributed by atoms with Crippen LogP contribution in [0.2, 0.25) is 0 Å². The first-order valence-corrected chi connectivity index (χ1v) is 5.67. The van der Waals surface area contributed by atoms with Crippen LogP contribution in [0.1, 0.15) is 39.5 Å². The molecule has 0 bridgehead atoms. The fourth-order valence-electron chi connectivity index (χ4n) is 1.99. The average Bonchev–Trinajstić information content (AvgIpc) is 2.40. The number of likely N-dealkylation sites (tertiary alicyclic amines) is 1. The lowest BCUT2D eigenvalue weighted by Gasteiger charge is -2.29. The average molecular weight is 198 g/mol. The molecule has 0 aromatic rings. The van der Waals surface area contributed by atoms with Gasteiger partial charge in [0.2, 0.25) is 5.91 Å². The van der Waals surface area contributed by atoms with Crippen LogP contribution in [0.3, 0.4) is 0 Å². The lowest BCUT2D eigenvalue weighted by Crippen LogP contribution is -2.43. The third-order valence-electron chi connectivity index (χ3n) is 3.11. The number of nitrogens with zero attached hydrogens (tertiary/aromatic N) is 1. The molecule has 14 heavy (non-hydrogen) atoms. The Hall–Kier alpha value is -0.570. The summed E-state index contributed by atoms with van der Waals surface area (Å²) in [5.41, 5.74) is 5.52. The molecule has 0 aromatic carbocycles. The van der Waals surface area contributed by atoms with Crippen molar-refractivity contribution in [2.24, 2.45) is 11.7 Å². The smallest absolute Gasteiger partial charge is 0.226 e. The van der Waals surface area contributed by atoms with E-state index in [1.54, 1.807) is 0 Å². The first-order chi connectivity index (χ1) is 6.66. The summed E-state index contributed by atoms with van der Waals surface area (Å²) in [6.45, 7) is 5.44. The van der Waals surface area contributed by atoms with E-state index >= 15 is 0 Å². The van der Waals surface area contributed by atoms with Crippen LogP contribution in [0, 0.1) is 5.92 Å². The van der Waals surface area contributed by atoms with Crippen LogP contribution >= 0.6 is 0 Å². The van der Waals surface area contributed by atoms with Crippen LogP contribution in [0.25, 0.3) is 0 Å². The van der Waals surface area contributed by atoms with Crippen molar-refractivity contribution in [1.29, 1.82) is 0 Å². The Labute approximate surface area is 86.6 Å². The van der Waals surface area contributed by atoms with Gasteiger partial charge in [0.05, 0.1) is 0 Å². The molecular formula is C11H22N2O. The van der Waals surface area contributed by atoms with Crippen molar-refractivity contribution in [3.63, 3.8) is 0 Å². The Morgan fingerprint density at radius 2 is 2.21 bits per heavy atom. The van der Waals surface area contributed by atoms with E-state index in [1.165, 1.54) is 12.8 Å². The van der Waals surface area contributed by atoms with Crippen LogP contribution in [0.4, 0.5) is 0 Å². The minimum Gasteiger partial charge on any atom is -0.340 e. The van der Waals surface area contributed by atoms with Gasteiger partial charge in [0.1, 0.15) is 0 Å². The van der Waals surface area contributed by atoms with E-state index in [4.69, 9.17) is 5.73 Å². The Morgan fingerprint density at radius 1 is 1.50 bits per heavy atom. The van der Waals surface area contributed by atoms with E-state index in [9.17, 15) is 4.79 Å². The highest BCUT2D eigenvalue weighted by Gasteiger charge is 2.24. The Balaban J connectivity index is 2.58. The van der Waals surface area contributed by atoms with Crippen molar-refractivity contribution in [2.45, 2.75) is 45.6 Å². The quantitative estimate of drug-likeness (QED) is 0.728. The third-order valence-corrected chi connectivity index (χ3v) is 3.11. The normalized spacial score (nSPS) is 25.6. The summed E-state index contributed by atoms with van der Waals surface area (Å²) in [6, 6.07) is 0.402. The maximum absolute atomic E-state index is 11.9. The minimum atomic E-state index is -0.0180. The zero-order chi connectivity index (χ0) is 10.6. The van der Waals surface area contributed by atoms with E-state index < -0.39 is 0 Å². The van der Waals surface area contributed by atoms with Gasteiger partial charge in [0.25, 0.3) is 0 Å². The first-order valence-electron chi connectivity index (χ1n) is 5.67. The molecular weight excluding hydrogens is 176 g/mol. The monoisotopic (exact) mass is 198 g/mol. The zero-order valence-corrected chi connectivity index (χ0v) is 9.33. The van der Waals surface area contributed by atoms with Gasteiger partial charge >= 0.3 is 0 Å². The highest BCUT2D eigenvalue weighted by atomic mass is 16.2. The van der Waals surface area contributed by atoms with Gasteiger partial charge in [-0.05, 0) is 19.8 Å². The first kappa shape index (κ1) is 11.5. The van der Waals surface area contributed by atoms with E-state index in [0.717, 1.165) is 19.4 Å². The highest BCUT2D eigenvalue weighted by molar-refractivity contribution is 5.79. The van der Waals surface area contributed by atoms with Crippen LogP contribution in [0.15, 0.2) is 0 Å².